The zero-order valence-corrected chi connectivity index (χ0v) is 14.5. The Labute approximate surface area is 149 Å². The summed E-state index contributed by atoms with van der Waals surface area (Å²) in [6, 6.07) is 9.99. The van der Waals surface area contributed by atoms with Crippen molar-refractivity contribution in [3.05, 3.63) is 42.5 Å². The summed E-state index contributed by atoms with van der Waals surface area (Å²) in [5, 5.41) is 7.55. The highest BCUT2D eigenvalue weighted by Gasteiger charge is 2.21. The van der Waals surface area contributed by atoms with Crippen molar-refractivity contribution >= 4 is 39.0 Å². The Bertz CT molecular complexity index is 957. The van der Waals surface area contributed by atoms with Gasteiger partial charge in [0.05, 0.1) is 10.6 Å². The van der Waals surface area contributed by atoms with E-state index >= 15 is 0 Å². The summed E-state index contributed by atoms with van der Waals surface area (Å²) >= 11 is 0. The van der Waals surface area contributed by atoms with Crippen LogP contribution in [0.1, 0.15) is 0 Å². The molecule has 2 aromatic carbocycles. The van der Waals surface area contributed by atoms with Gasteiger partial charge in [-0.1, -0.05) is 0 Å². The monoisotopic (exact) mass is 376 g/mol. The Morgan fingerprint density at radius 2 is 1.81 bits per heavy atom. The Morgan fingerprint density at radius 1 is 1.12 bits per heavy atom. The van der Waals surface area contributed by atoms with Crippen LogP contribution in [0.25, 0.3) is 0 Å². The van der Waals surface area contributed by atoms with Gasteiger partial charge in [0.25, 0.3) is 15.9 Å². The van der Waals surface area contributed by atoms with Gasteiger partial charge < -0.3 is 20.7 Å². The van der Waals surface area contributed by atoms with Crippen molar-refractivity contribution in [2.75, 3.05) is 29.0 Å². The lowest BCUT2D eigenvalue weighted by Gasteiger charge is -2.18. The van der Waals surface area contributed by atoms with Gasteiger partial charge in [-0.05, 0) is 42.5 Å². The molecular weight excluding hydrogens is 360 g/mol. The van der Waals surface area contributed by atoms with Gasteiger partial charge in [-0.15, -0.1) is 0 Å². The standard InChI is InChI=1S/C16H16N4O5S/c1-17-16(22)18-10-2-4-11(5-3-10)20-26(23,24)12-6-7-14-13(8-12)19-15(21)9-25-14/h2-8,20H,9H2,1H3,(H,19,21)(H2,17,18,22). The van der Waals surface area contributed by atoms with Crippen LogP contribution in [0.2, 0.25) is 0 Å². The third-order valence-electron chi connectivity index (χ3n) is 3.52. The van der Waals surface area contributed by atoms with E-state index in [1.807, 2.05) is 0 Å². The molecule has 2 aromatic rings. The number of benzene rings is 2. The van der Waals surface area contributed by atoms with Crippen molar-refractivity contribution in [3.8, 4) is 5.75 Å². The Kier molecular flexibility index (Phi) is 4.67. The lowest BCUT2D eigenvalue weighted by molar-refractivity contribution is -0.118. The second kappa shape index (κ2) is 6.92. The predicted molar refractivity (Wildman–Crippen MR) is 95.9 cm³/mol. The highest BCUT2D eigenvalue weighted by Crippen LogP contribution is 2.30. The normalized spacial score (nSPS) is 13.0. The van der Waals surface area contributed by atoms with Gasteiger partial charge in [-0.2, -0.15) is 0 Å². The summed E-state index contributed by atoms with van der Waals surface area (Å²) in [5.74, 6) is 0.0624. The number of carbonyl (C=O) groups excluding carboxylic acids is 2. The average molecular weight is 376 g/mol. The molecule has 0 saturated carbocycles. The molecule has 0 aliphatic carbocycles. The van der Waals surface area contributed by atoms with Crippen molar-refractivity contribution in [2.24, 2.45) is 0 Å². The zero-order valence-electron chi connectivity index (χ0n) is 13.7. The van der Waals surface area contributed by atoms with Crippen LogP contribution in [-0.4, -0.2) is 34.0 Å². The minimum Gasteiger partial charge on any atom is -0.482 e. The summed E-state index contributed by atoms with van der Waals surface area (Å²) in [5.41, 5.74) is 1.14. The molecule has 0 radical (unpaired) electrons. The Morgan fingerprint density at radius 3 is 2.50 bits per heavy atom. The van der Waals surface area contributed by atoms with E-state index in [2.05, 4.69) is 20.7 Å². The van der Waals surface area contributed by atoms with Crippen LogP contribution in [0.3, 0.4) is 0 Å². The van der Waals surface area contributed by atoms with Crippen molar-refractivity contribution in [1.82, 2.24) is 5.32 Å². The molecule has 3 amide bonds. The number of nitrogens with one attached hydrogen (secondary N) is 4. The predicted octanol–water partition coefficient (Wildman–Crippen LogP) is 1.57. The van der Waals surface area contributed by atoms with Crippen LogP contribution in [0.5, 0.6) is 5.75 Å². The molecule has 3 rings (SSSR count). The third-order valence-corrected chi connectivity index (χ3v) is 4.90. The second-order valence-electron chi connectivity index (χ2n) is 5.38. The van der Waals surface area contributed by atoms with Gasteiger partial charge in [0.2, 0.25) is 0 Å². The third kappa shape index (κ3) is 3.86. The molecule has 0 atom stereocenters. The van der Waals surface area contributed by atoms with E-state index in [1.165, 1.54) is 37.4 Å². The smallest absolute Gasteiger partial charge is 0.318 e. The maximum atomic E-state index is 12.5. The summed E-state index contributed by atoms with van der Waals surface area (Å²) < 4.78 is 32.7. The molecule has 136 valence electrons. The number of hydrogen-bond donors (Lipinski definition) is 4. The highest BCUT2D eigenvalue weighted by molar-refractivity contribution is 7.92. The van der Waals surface area contributed by atoms with E-state index < -0.39 is 10.0 Å². The fourth-order valence-corrected chi connectivity index (χ4v) is 3.34. The first-order valence-corrected chi connectivity index (χ1v) is 9.04. The van der Waals surface area contributed by atoms with Gasteiger partial charge >= 0.3 is 6.03 Å². The zero-order chi connectivity index (χ0) is 18.7. The second-order valence-corrected chi connectivity index (χ2v) is 7.06. The van der Waals surface area contributed by atoms with Crippen molar-refractivity contribution in [1.29, 1.82) is 0 Å². The summed E-state index contributed by atoms with van der Waals surface area (Å²) in [7, 11) is -2.37. The number of hydrogen-bond acceptors (Lipinski definition) is 5. The van der Waals surface area contributed by atoms with E-state index in [4.69, 9.17) is 4.74 Å². The summed E-state index contributed by atoms with van der Waals surface area (Å²) in [6.07, 6.45) is 0. The van der Waals surface area contributed by atoms with Crippen LogP contribution in [0.15, 0.2) is 47.4 Å². The molecule has 0 bridgehead atoms. The Balaban J connectivity index is 1.78. The lowest BCUT2D eigenvalue weighted by atomic mass is 10.2. The Hall–Kier alpha value is -3.27. The molecule has 1 aliphatic rings. The molecule has 0 saturated heterocycles. The number of rotatable bonds is 4. The minimum absolute atomic E-state index is 0.0189. The van der Waals surface area contributed by atoms with Gasteiger partial charge in [-0.3, -0.25) is 9.52 Å². The largest absolute Gasteiger partial charge is 0.482 e. The molecule has 26 heavy (non-hydrogen) atoms. The van der Waals surface area contributed by atoms with Crippen LogP contribution in [0, 0.1) is 0 Å². The molecule has 0 aromatic heterocycles. The van der Waals surface area contributed by atoms with Crippen LogP contribution >= 0.6 is 0 Å². The first kappa shape index (κ1) is 17.5. The molecule has 0 fully saturated rings. The van der Waals surface area contributed by atoms with Crippen LogP contribution in [0.4, 0.5) is 21.9 Å². The quantitative estimate of drug-likeness (QED) is 0.644. The van der Waals surface area contributed by atoms with Gasteiger partial charge in [-0.25, -0.2) is 13.2 Å². The number of carbonyl (C=O) groups is 2. The number of urea groups is 1. The molecule has 9 nitrogen and oxygen atoms in total. The van der Waals surface area contributed by atoms with E-state index in [0.717, 1.165) is 0 Å². The maximum absolute atomic E-state index is 12.5. The molecule has 1 heterocycles. The average Bonchev–Trinajstić information content (AvgIpc) is 2.62. The number of ether oxygens (including phenoxy) is 1. The molecule has 4 N–H and O–H groups in total. The summed E-state index contributed by atoms with van der Waals surface area (Å²) in [4.78, 5) is 22.6. The number of anilines is 3. The SMILES string of the molecule is CNC(=O)Nc1ccc(NS(=O)(=O)c2ccc3c(c2)NC(=O)CO3)cc1. The molecule has 0 unspecified atom stereocenters. The fraction of sp³-hybridized carbons (Fsp3) is 0.125. The number of fused-ring (bicyclic) bond motifs is 1. The van der Waals surface area contributed by atoms with Gasteiger partial charge in [0.1, 0.15) is 5.75 Å². The van der Waals surface area contributed by atoms with E-state index in [0.29, 0.717) is 22.8 Å². The highest BCUT2D eigenvalue weighted by atomic mass is 32.2. The van der Waals surface area contributed by atoms with Crippen molar-refractivity contribution in [3.63, 3.8) is 0 Å². The van der Waals surface area contributed by atoms with Crippen molar-refractivity contribution in [2.45, 2.75) is 4.90 Å². The van der Waals surface area contributed by atoms with Crippen LogP contribution < -0.4 is 25.4 Å². The van der Waals surface area contributed by atoms with Gasteiger partial charge in [0, 0.05) is 18.4 Å². The molecule has 1 aliphatic heterocycles. The molecule has 0 spiro atoms. The maximum Gasteiger partial charge on any atom is 0.318 e. The topological polar surface area (TPSA) is 126 Å². The van der Waals surface area contributed by atoms with Crippen molar-refractivity contribution < 1.29 is 22.7 Å². The van der Waals surface area contributed by atoms with E-state index in [-0.39, 0.29) is 23.4 Å². The van der Waals surface area contributed by atoms with Gasteiger partial charge in [0.15, 0.2) is 6.61 Å². The number of amides is 3. The lowest BCUT2D eigenvalue weighted by Crippen LogP contribution is -2.25. The molecule has 10 heteroatoms. The first-order chi connectivity index (χ1) is 12.4. The fourth-order valence-electron chi connectivity index (χ4n) is 2.26. The first-order valence-electron chi connectivity index (χ1n) is 7.56. The van der Waals surface area contributed by atoms with E-state index in [1.54, 1.807) is 12.1 Å². The molecular formula is C16H16N4O5S. The summed E-state index contributed by atoms with van der Waals surface area (Å²) in [6.45, 7) is -0.103. The van der Waals surface area contributed by atoms with Crippen LogP contribution in [-0.2, 0) is 14.8 Å². The minimum atomic E-state index is -3.86. The van der Waals surface area contributed by atoms with E-state index in [9.17, 15) is 18.0 Å². The number of sulfonamides is 1.